The predicted octanol–water partition coefficient (Wildman–Crippen LogP) is 2.76. The third kappa shape index (κ3) is 1.58. The van der Waals surface area contributed by atoms with Gasteiger partial charge in [-0.1, -0.05) is 18.2 Å². The highest BCUT2D eigenvalue weighted by molar-refractivity contribution is 14.1. The fraction of sp³-hybridized carbons (Fsp3) is 0.143. The number of hydrogen-bond donors (Lipinski definition) is 1. The molecule has 1 nitrogen and oxygen atoms in total. The summed E-state index contributed by atoms with van der Waals surface area (Å²) < 4.78 is 3.07. The molecule has 1 rings (SSSR count). The molecule has 0 aliphatic heterocycles. The highest BCUT2D eigenvalue weighted by atomic mass is 127. The average Bonchev–Trinajstić information content (AvgIpc) is 1.89. The monoisotopic (exact) mass is 233 g/mol. The first-order valence-electron chi connectivity index (χ1n) is 2.77. The van der Waals surface area contributed by atoms with Gasteiger partial charge in [-0.2, -0.15) is 0 Å². The van der Waals surface area contributed by atoms with Crippen LogP contribution in [0.5, 0.6) is 0 Å². The molecule has 0 aliphatic carbocycles. The van der Waals surface area contributed by atoms with Gasteiger partial charge in [0.1, 0.15) is 0 Å². The van der Waals surface area contributed by atoms with E-state index in [1.165, 1.54) is 11.3 Å². The predicted molar refractivity (Wildman–Crippen MR) is 48.8 cm³/mol. The van der Waals surface area contributed by atoms with Crippen LogP contribution in [-0.4, -0.2) is 0 Å². The first kappa shape index (κ1) is 6.86. The van der Waals surface area contributed by atoms with Gasteiger partial charge in [0.15, 0.2) is 0 Å². The summed E-state index contributed by atoms with van der Waals surface area (Å²) in [5, 5.41) is 0. The van der Waals surface area contributed by atoms with Gasteiger partial charge in [-0.25, -0.2) is 0 Å². The van der Waals surface area contributed by atoms with Gasteiger partial charge in [0, 0.05) is 5.69 Å². The lowest BCUT2D eigenvalue weighted by Gasteiger charge is -1.99. The van der Waals surface area contributed by atoms with Gasteiger partial charge in [0.2, 0.25) is 0 Å². The van der Waals surface area contributed by atoms with Crippen molar-refractivity contribution >= 4 is 28.6 Å². The van der Waals surface area contributed by atoms with Crippen LogP contribution in [0.1, 0.15) is 5.56 Å². The van der Waals surface area contributed by atoms with Crippen LogP contribution in [0.3, 0.4) is 0 Å². The van der Waals surface area contributed by atoms with E-state index in [-0.39, 0.29) is 0 Å². The molecule has 0 radical (unpaired) electrons. The van der Waals surface area contributed by atoms with Gasteiger partial charge in [0.05, 0.1) is 22.9 Å². The van der Waals surface area contributed by atoms with Crippen LogP contribution in [0.2, 0.25) is 0 Å². The lowest BCUT2D eigenvalue weighted by atomic mass is 10.2. The maximum Gasteiger partial charge on any atom is 0.0560 e. The van der Waals surface area contributed by atoms with Crippen LogP contribution in [0.4, 0.5) is 5.69 Å². The second-order valence-electron chi connectivity index (χ2n) is 1.91. The van der Waals surface area contributed by atoms with Crippen LogP contribution < -0.4 is 3.53 Å². The zero-order valence-corrected chi connectivity index (χ0v) is 7.34. The largest absolute Gasteiger partial charge is 0.328 e. The molecule has 0 saturated heterocycles. The molecule has 48 valence electrons. The van der Waals surface area contributed by atoms with Crippen molar-refractivity contribution in [1.29, 1.82) is 0 Å². The molecule has 0 heterocycles. The Labute approximate surface area is 69.0 Å². The number of para-hydroxylation sites is 1. The van der Waals surface area contributed by atoms with Gasteiger partial charge in [0.25, 0.3) is 0 Å². The highest BCUT2D eigenvalue weighted by Crippen LogP contribution is 2.13. The number of rotatable bonds is 1. The molecule has 0 aliphatic rings. The van der Waals surface area contributed by atoms with E-state index in [1.54, 1.807) is 0 Å². The van der Waals surface area contributed by atoms with Crippen molar-refractivity contribution in [2.24, 2.45) is 0 Å². The number of aryl methyl sites for hydroxylation is 1. The molecule has 2 heteroatoms. The van der Waals surface area contributed by atoms with Gasteiger partial charge >= 0.3 is 0 Å². The summed E-state index contributed by atoms with van der Waals surface area (Å²) in [6.07, 6.45) is 0. The van der Waals surface area contributed by atoms with Gasteiger partial charge in [-0.3, -0.25) is 0 Å². The van der Waals surface area contributed by atoms with E-state index in [2.05, 4.69) is 45.5 Å². The van der Waals surface area contributed by atoms with E-state index in [0.29, 0.717) is 0 Å². The minimum atomic E-state index is 1.19. The summed E-state index contributed by atoms with van der Waals surface area (Å²) in [6.45, 7) is 2.08. The Morgan fingerprint density at radius 3 is 2.44 bits per heavy atom. The van der Waals surface area contributed by atoms with Crippen LogP contribution in [0.15, 0.2) is 24.3 Å². The zero-order valence-electron chi connectivity index (χ0n) is 5.19. The molecule has 1 aromatic carbocycles. The van der Waals surface area contributed by atoms with E-state index >= 15 is 0 Å². The van der Waals surface area contributed by atoms with Gasteiger partial charge < -0.3 is 3.53 Å². The third-order valence-electron chi connectivity index (χ3n) is 1.25. The van der Waals surface area contributed by atoms with Crippen LogP contribution in [-0.2, 0) is 0 Å². The van der Waals surface area contributed by atoms with E-state index < -0.39 is 0 Å². The molecular formula is C7H8IN. The second-order valence-corrected chi connectivity index (χ2v) is 2.45. The maximum atomic E-state index is 3.07. The van der Waals surface area contributed by atoms with Crippen molar-refractivity contribution in [3.63, 3.8) is 0 Å². The Morgan fingerprint density at radius 2 is 2.00 bits per heavy atom. The zero-order chi connectivity index (χ0) is 6.69. The van der Waals surface area contributed by atoms with Gasteiger partial charge in [-0.15, -0.1) is 0 Å². The van der Waals surface area contributed by atoms with Crippen LogP contribution in [0, 0.1) is 6.92 Å². The molecule has 0 unspecified atom stereocenters. The third-order valence-corrected chi connectivity index (χ3v) is 1.83. The summed E-state index contributed by atoms with van der Waals surface area (Å²) in [7, 11) is 0. The highest BCUT2D eigenvalue weighted by Gasteiger charge is 1.89. The van der Waals surface area contributed by atoms with E-state index in [0.717, 1.165) is 0 Å². The lowest BCUT2D eigenvalue weighted by Crippen LogP contribution is -1.81. The molecule has 0 saturated carbocycles. The Bertz CT molecular complexity index is 198. The van der Waals surface area contributed by atoms with Crippen molar-refractivity contribution in [2.45, 2.75) is 6.92 Å². The molecule has 1 aromatic rings. The minimum Gasteiger partial charge on any atom is -0.328 e. The second kappa shape index (κ2) is 3.06. The fourth-order valence-electron chi connectivity index (χ4n) is 0.679. The SMILES string of the molecule is Cc1ccccc1NI. The summed E-state index contributed by atoms with van der Waals surface area (Å²) in [5.74, 6) is 0. The normalized spacial score (nSPS) is 9.11. The average molecular weight is 233 g/mol. The van der Waals surface area contributed by atoms with Crippen molar-refractivity contribution in [3.8, 4) is 0 Å². The molecule has 0 aromatic heterocycles. The van der Waals surface area contributed by atoms with Crippen molar-refractivity contribution in [1.82, 2.24) is 0 Å². The fourth-order valence-corrected chi connectivity index (χ4v) is 1.28. The van der Waals surface area contributed by atoms with Crippen molar-refractivity contribution in [3.05, 3.63) is 29.8 Å². The first-order chi connectivity index (χ1) is 4.34. The summed E-state index contributed by atoms with van der Waals surface area (Å²) in [6, 6.07) is 8.20. The van der Waals surface area contributed by atoms with Gasteiger partial charge in [-0.05, 0) is 18.6 Å². The Morgan fingerprint density at radius 1 is 1.33 bits per heavy atom. The lowest BCUT2D eigenvalue weighted by molar-refractivity contribution is 1.48. The molecule has 0 amide bonds. The number of nitrogens with one attached hydrogen (secondary N) is 1. The van der Waals surface area contributed by atoms with Crippen LogP contribution in [0.25, 0.3) is 0 Å². The van der Waals surface area contributed by atoms with E-state index in [1.807, 2.05) is 12.1 Å². The summed E-state index contributed by atoms with van der Waals surface area (Å²) >= 11 is 2.13. The Hall–Kier alpha value is -0.250. The molecule has 0 spiro atoms. The molecule has 1 N–H and O–H groups in total. The molecule has 0 bridgehead atoms. The van der Waals surface area contributed by atoms with Crippen molar-refractivity contribution < 1.29 is 0 Å². The van der Waals surface area contributed by atoms with Crippen molar-refractivity contribution in [2.75, 3.05) is 3.53 Å². The number of halogens is 1. The van der Waals surface area contributed by atoms with Crippen LogP contribution >= 0.6 is 22.9 Å². The smallest absolute Gasteiger partial charge is 0.0560 e. The summed E-state index contributed by atoms with van der Waals surface area (Å²) in [4.78, 5) is 0. The Kier molecular flexibility index (Phi) is 2.33. The number of anilines is 1. The number of benzene rings is 1. The maximum absolute atomic E-state index is 3.07. The Balaban J connectivity index is 3.01. The molecule has 0 atom stereocenters. The number of hydrogen-bond acceptors (Lipinski definition) is 1. The minimum absolute atomic E-state index is 1.19. The standard InChI is InChI=1S/C7H8IN/c1-6-4-2-3-5-7(6)9-8/h2-5,9H,1H3. The molecule has 9 heavy (non-hydrogen) atoms. The molecular weight excluding hydrogens is 225 g/mol. The summed E-state index contributed by atoms with van der Waals surface area (Å²) in [5.41, 5.74) is 2.48. The first-order valence-corrected chi connectivity index (χ1v) is 3.85. The quantitative estimate of drug-likeness (QED) is 0.580. The molecule has 0 fully saturated rings. The van der Waals surface area contributed by atoms with E-state index in [4.69, 9.17) is 0 Å². The van der Waals surface area contributed by atoms with E-state index in [9.17, 15) is 0 Å². The topological polar surface area (TPSA) is 12.0 Å².